The van der Waals surface area contributed by atoms with Gasteiger partial charge in [-0.05, 0) is 45.1 Å². The highest BCUT2D eigenvalue weighted by atomic mass is 16.5. The third kappa shape index (κ3) is 5.36. The van der Waals surface area contributed by atoms with Gasteiger partial charge in [-0.3, -0.25) is 0 Å². The van der Waals surface area contributed by atoms with E-state index in [1.807, 2.05) is 7.11 Å². The molecule has 0 aliphatic carbocycles. The summed E-state index contributed by atoms with van der Waals surface area (Å²) in [7, 11) is 1.82. The first-order chi connectivity index (χ1) is 8.31. The molecule has 17 heavy (non-hydrogen) atoms. The fourth-order valence-electron chi connectivity index (χ4n) is 2.73. The SMILES string of the molecule is CCNC(CCCC1CCCO1)C(CC)OC. The lowest BCUT2D eigenvalue weighted by Crippen LogP contribution is -2.40. The molecule has 3 nitrogen and oxygen atoms in total. The third-order valence-corrected chi connectivity index (χ3v) is 3.69. The molecular weight excluding hydrogens is 214 g/mol. The second-order valence-electron chi connectivity index (χ2n) is 4.91. The lowest BCUT2D eigenvalue weighted by molar-refractivity contribution is 0.0583. The van der Waals surface area contributed by atoms with Crippen LogP contribution in [0.15, 0.2) is 0 Å². The molecule has 1 aliphatic rings. The van der Waals surface area contributed by atoms with Crippen LogP contribution in [0.2, 0.25) is 0 Å². The highest BCUT2D eigenvalue weighted by Crippen LogP contribution is 2.19. The molecule has 0 radical (unpaired) electrons. The van der Waals surface area contributed by atoms with E-state index in [9.17, 15) is 0 Å². The van der Waals surface area contributed by atoms with E-state index in [4.69, 9.17) is 9.47 Å². The number of nitrogens with one attached hydrogen (secondary N) is 1. The minimum Gasteiger partial charge on any atom is -0.380 e. The van der Waals surface area contributed by atoms with Crippen LogP contribution in [-0.2, 0) is 9.47 Å². The molecule has 3 unspecified atom stereocenters. The van der Waals surface area contributed by atoms with Crippen molar-refractivity contribution in [1.82, 2.24) is 5.32 Å². The van der Waals surface area contributed by atoms with Gasteiger partial charge in [0.1, 0.15) is 0 Å². The topological polar surface area (TPSA) is 30.5 Å². The van der Waals surface area contributed by atoms with Crippen molar-refractivity contribution in [2.45, 2.75) is 70.6 Å². The maximum atomic E-state index is 5.66. The van der Waals surface area contributed by atoms with Crippen LogP contribution >= 0.6 is 0 Å². The van der Waals surface area contributed by atoms with Gasteiger partial charge in [-0.1, -0.05) is 13.8 Å². The van der Waals surface area contributed by atoms with E-state index in [1.165, 1.54) is 32.1 Å². The average Bonchev–Trinajstić information content (AvgIpc) is 2.83. The van der Waals surface area contributed by atoms with Crippen LogP contribution in [0.25, 0.3) is 0 Å². The van der Waals surface area contributed by atoms with Gasteiger partial charge in [-0.2, -0.15) is 0 Å². The summed E-state index contributed by atoms with van der Waals surface area (Å²) in [6.45, 7) is 6.34. The minimum absolute atomic E-state index is 0.347. The molecule has 1 N–H and O–H groups in total. The predicted octanol–water partition coefficient (Wildman–Crippen LogP) is 2.74. The minimum atomic E-state index is 0.347. The Kier molecular flexibility index (Phi) is 7.82. The van der Waals surface area contributed by atoms with Crippen molar-refractivity contribution < 1.29 is 9.47 Å². The summed E-state index contributed by atoms with van der Waals surface area (Å²) in [4.78, 5) is 0. The number of methoxy groups -OCH3 is 1. The summed E-state index contributed by atoms with van der Waals surface area (Å²) in [5.74, 6) is 0. The lowest BCUT2D eigenvalue weighted by Gasteiger charge is -2.26. The van der Waals surface area contributed by atoms with Crippen LogP contribution in [0.3, 0.4) is 0 Å². The summed E-state index contributed by atoms with van der Waals surface area (Å²) in [6, 6.07) is 0.497. The maximum absolute atomic E-state index is 5.66. The standard InChI is InChI=1S/C14H29NO2/c1-4-14(16-3)13(15-5-2)10-6-8-12-9-7-11-17-12/h12-15H,4-11H2,1-3H3. The molecule has 1 heterocycles. The Morgan fingerprint density at radius 1 is 1.41 bits per heavy atom. The highest BCUT2D eigenvalue weighted by Gasteiger charge is 2.20. The van der Waals surface area contributed by atoms with E-state index in [0.717, 1.165) is 19.6 Å². The Labute approximate surface area is 106 Å². The van der Waals surface area contributed by atoms with Gasteiger partial charge in [-0.15, -0.1) is 0 Å². The summed E-state index contributed by atoms with van der Waals surface area (Å²) >= 11 is 0. The zero-order valence-electron chi connectivity index (χ0n) is 11.7. The summed E-state index contributed by atoms with van der Waals surface area (Å²) in [5.41, 5.74) is 0. The Bertz CT molecular complexity index is 177. The lowest BCUT2D eigenvalue weighted by atomic mass is 10.00. The second kappa shape index (κ2) is 8.90. The zero-order valence-corrected chi connectivity index (χ0v) is 11.7. The summed E-state index contributed by atoms with van der Waals surface area (Å²) in [6.07, 6.45) is 8.10. The molecule has 3 heteroatoms. The van der Waals surface area contributed by atoms with Crippen molar-refractivity contribution in [2.75, 3.05) is 20.3 Å². The van der Waals surface area contributed by atoms with Gasteiger partial charge in [0.15, 0.2) is 0 Å². The van der Waals surface area contributed by atoms with Gasteiger partial charge in [0.05, 0.1) is 12.2 Å². The van der Waals surface area contributed by atoms with Crippen LogP contribution in [0.1, 0.15) is 52.4 Å². The molecular formula is C14H29NO2. The van der Waals surface area contributed by atoms with Crippen LogP contribution < -0.4 is 5.32 Å². The Balaban J connectivity index is 2.22. The molecule has 102 valence electrons. The molecule has 1 aliphatic heterocycles. The van der Waals surface area contributed by atoms with E-state index in [0.29, 0.717) is 18.2 Å². The quantitative estimate of drug-likeness (QED) is 0.675. The van der Waals surface area contributed by atoms with Gasteiger partial charge in [0.25, 0.3) is 0 Å². The van der Waals surface area contributed by atoms with Crippen molar-refractivity contribution in [3.63, 3.8) is 0 Å². The summed E-state index contributed by atoms with van der Waals surface area (Å²) in [5, 5.41) is 3.54. The molecule has 0 amide bonds. The predicted molar refractivity (Wildman–Crippen MR) is 71.4 cm³/mol. The largest absolute Gasteiger partial charge is 0.380 e. The van der Waals surface area contributed by atoms with Crippen LogP contribution in [-0.4, -0.2) is 38.5 Å². The normalized spacial score (nSPS) is 23.8. The molecule has 1 saturated heterocycles. The van der Waals surface area contributed by atoms with Gasteiger partial charge < -0.3 is 14.8 Å². The fraction of sp³-hybridized carbons (Fsp3) is 1.00. The van der Waals surface area contributed by atoms with Crippen LogP contribution in [0, 0.1) is 0 Å². The molecule has 3 atom stereocenters. The first-order valence-electron chi connectivity index (χ1n) is 7.19. The Hall–Kier alpha value is -0.120. The van der Waals surface area contributed by atoms with E-state index in [2.05, 4.69) is 19.2 Å². The van der Waals surface area contributed by atoms with Crippen molar-refractivity contribution in [2.24, 2.45) is 0 Å². The second-order valence-corrected chi connectivity index (χ2v) is 4.91. The van der Waals surface area contributed by atoms with Crippen LogP contribution in [0.5, 0.6) is 0 Å². The van der Waals surface area contributed by atoms with Gasteiger partial charge >= 0.3 is 0 Å². The first-order valence-corrected chi connectivity index (χ1v) is 7.19. The zero-order chi connectivity index (χ0) is 12.5. The van der Waals surface area contributed by atoms with Crippen molar-refractivity contribution >= 4 is 0 Å². The Morgan fingerprint density at radius 2 is 2.24 bits per heavy atom. The van der Waals surface area contributed by atoms with E-state index in [1.54, 1.807) is 0 Å². The number of hydrogen-bond acceptors (Lipinski definition) is 3. The number of ether oxygens (including phenoxy) is 2. The van der Waals surface area contributed by atoms with Gasteiger partial charge in [0.2, 0.25) is 0 Å². The van der Waals surface area contributed by atoms with Crippen molar-refractivity contribution in [1.29, 1.82) is 0 Å². The third-order valence-electron chi connectivity index (χ3n) is 3.69. The first kappa shape index (κ1) is 14.9. The smallest absolute Gasteiger partial charge is 0.0721 e. The number of rotatable bonds is 9. The van der Waals surface area contributed by atoms with Gasteiger partial charge in [0, 0.05) is 19.8 Å². The summed E-state index contributed by atoms with van der Waals surface area (Å²) < 4.78 is 11.2. The van der Waals surface area contributed by atoms with E-state index in [-0.39, 0.29) is 0 Å². The molecule has 0 aromatic rings. The van der Waals surface area contributed by atoms with Crippen molar-refractivity contribution in [3.8, 4) is 0 Å². The molecule has 0 aromatic carbocycles. The highest BCUT2D eigenvalue weighted by molar-refractivity contribution is 4.76. The Morgan fingerprint density at radius 3 is 2.76 bits per heavy atom. The molecule has 1 fully saturated rings. The molecule has 0 aromatic heterocycles. The van der Waals surface area contributed by atoms with E-state index < -0.39 is 0 Å². The monoisotopic (exact) mass is 243 g/mol. The van der Waals surface area contributed by atoms with Gasteiger partial charge in [-0.25, -0.2) is 0 Å². The molecule has 0 spiro atoms. The molecule has 1 rings (SSSR count). The molecule has 0 bridgehead atoms. The average molecular weight is 243 g/mol. The van der Waals surface area contributed by atoms with Crippen LogP contribution in [0.4, 0.5) is 0 Å². The fourth-order valence-corrected chi connectivity index (χ4v) is 2.73. The molecule has 0 saturated carbocycles. The maximum Gasteiger partial charge on any atom is 0.0721 e. The van der Waals surface area contributed by atoms with E-state index >= 15 is 0 Å². The van der Waals surface area contributed by atoms with Crippen molar-refractivity contribution in [3.05, 3.63) is 0 Å². The number of likely N-dealkylation sites (N-methyl/N-ethyl adjacent to an activating group) is 1. The number of hydrogen-bond donors (Lipinski definition) is 1.